The average molecular weight is 317 g/mol. The summed E-state index contributed by atoms with van der Waals surface area (Å²) in [6.45, 7) is 14.2. The second-order valence-electron chi connectivity index (χ2n) is 9.68. The number of quaternary nitrogens is 1. The van der Waals surface area contributed by atoms with E-state index < -0.39 is 0 Å². The van der Waals surface area contributed by atoms with Crippen molar-refractivity contribution in [2.75, 3.05) is 14.1 Å². The summed E-state index contributed by atoms with van der Waals surface area (Å²) in [4.78, 5) is 0. The van der Waals surface area contributed by atoms with Crippen LogP contribution in [0, 0.1) is 5.41 Å². The predicted molar refractivity (Wildman–Crippen MR) is 102 cm³/mol. The lowest BCUT2D eigenvalue weighted by Crippen LogP contribution is -2.58. The van der Waals surface area contributed by atoms with E-state index in [9.17, 15) is 0 Å². The molecule has 0 saturated heterocycles. The molecule has 2 heteroatoms. The molecule has 1 unspecified atom stereocenters. The van der Waals surface area contributed by atoms with Crippen LogP contribution in [0.4, 0.5) is 0 Å². The van der Waals surface area contributed by atoms with Crippen molar-refractivity contribution in [3.05, 3.63) is 41.0 Å². The van der Waals surface area contributed by atoms with E-state index in [0.29, 0.717) is 16.5 Å². The molecule has 0 aromatic heterocycles. The first kappa shape index (κ1) is 17.5. The van der Waals surface area contributed by atoms with Crippen molar-refractivity contribution >= 4 is 15.8 Å². The highest BCUT2D eigenvalue weighted by atomic mass is 28.2. The van der Waals surface area contributed by atoms with Crippen LogP contribution in [0.2, 0.25) is 0 Å². The highest BCUT2D eigenvalue weighted by Crippen LogP contribution is 2.42. The van der Waals surface area contributed by atoms with E-state index in [-0.39, 0.29) is 9.68 Å². The summed E-state index contributed by atoms with van der Waals surface area (Å²) in [7, 11) is 4.52. The third-order valence-corrected chi connectivity index (χ3v) is 8.54. The topological polar surface area (TPSA) is 0 Å². The third kappa shape index (κ3) is 3.72. The molecule has 0 bridgehead atoms. The Morgan fingerprint density at radius 3 is 2.14 bits per heavy atom. The summed E-state index contributed by atoms with van der Waals surface area (Å²) in [5.41, 5.74) is 6.10. The van der Waals surface area contributed by atoms with Crippen LogP contribution in [0.1, 0.15) is 64.6 Å². The molecule has 0 fully saturated rings. The summed E-state index contributed by atoms with van der Waals surface area (Å²) in [6.07, 6.45) is 3.70. The molecule has 122 valence electrons. The van der Waals surface area contributed by atoms with Gasteiger partial charge in [-0.1, -0.05) is 56.7 Å². The second kappa shape index (κ2) is 5.65. The van der Waals surface area contributed by atoms with E-state index in [1.165, 1.54) is 16.1 Å². The highest BCUT2D eigenvalue weighted by Gasteiger charge is 2.39. The van der Waals surface area contributed by atoms with Crippen LogP contribution >= 0.6 is 0 Å². The van der Waals surface area contributed by atoms with Crippen LogP contribution in [0.5, 0.6) is 0 Å². The summed E-state index contributed by atoms with van der Waals surface area (Å²) in [5, 5.41) is 0. The second-order valence-corrected chi connectivity index (χ2v) is 12.4. The molecule has 1 aliphatic carbocycles. The first-order valence-corrected chi connectivity index (χ1v) is 9.98. The van der Waals surface area contributed by atoms with Crippen molar-refractivity contribution in [3.63, 3.8) is 0 Å². The van der Waals surface area contributed by atoms with Gasteiger partial charge >= 0.3 is 0 Å². The maximum absolute atomic E-state index is 2.49. The SMILES string of the molecule is CC(C)(C)CC1=Cc2ccccc2C1[SiH2][N+](C)(C)C(C)(C)C. The van der Waals surface area contributed by atoms with Gasteiger partial charge in [-0.15, -0.1) is 0 Å². The number of benzene rings is 1. The first-order chi connectivity index (χ1) is 9.91. The molecule has 1 aromatic rings. The third-order valence-electron chi connectivity index (χ3n) is 5.35. The standard InChI is InChI=1S/C20H34NSi/c1-19(2,3)14-16-13-15-11-9-10-12-17(15)18(16)22-21(7,8)20(4,5)6/h9-13,18H,14,22H2,1-8H3/q+1. The van der Waals surface area contributed by atoms with Gasteiger partial charge < -0.3 is 4.15 Å². The van der Waals surface area contributed by atoms with Crippen molar-refractivity contribution in [2.45, 2.75) is 59.0 Å². The van der Waals surface area contributed by atoms with E-state index in [2.05, 4.69) is 86.0 Å². The minimum absolute atomic E-state index is 0.316. The lowest BCUT2D eigenvalue weighted by atomic mass is 9.87. The van der Waals surface area contributed by atoms with Gasteiger partial charge in [-0.2, -0.15) is 0 Å². The average Bonchev–Trinajstić information content (AvgIpc) is 2.63. The smallest absolute Gasteiger partial charge is 0.266 e. The summed E-state index contributed by atoms with van der Waals surface area (Å²) < 4.78 is 1.17. The molecule has 0 spiro atoms. The molecule has 1 aliphatic rings. The van der Waals surface area contributed by atoms with Gasteiger partial charge in [0.1, 0.15) is 0 Å². The zero-order valence-electron chi connectivity index (χ0n) is 15.8. The quantitative estimate of drug-likeness (QED) is 0.719. The minimum atomic E-state index is -0.344. The zero-order chi connectivity index (χ0) is 16.8. The molecule has 1 aromatic carbocycles. The normalized spacial score (nSPS) is 19.6. The number of fused-ring (bicyclic) bond motifs is 1. The van der Waals surface area contributed by atoms with E-state index in [1.54, 1.807) is 11.1 Å². The summed E-state index contributed by atoms with van der Waals surface area (Å²) in [6, 6.07) is 9.05. The van der Waals surface area contributed by atoms with Gasteiger partial charge in [0.25, 0.3) is 9.68 Å². The van der Waals surface area contributed by atoms with E-state index >= 15 is 0 Å². The van der Waals surface area contributed by atoms with Gasteiger partial charge in [0.05, 0.1) is 19.6 Å². The Morgan fingerprint density at radius 2 is 1.59 bits per heavy atom. The number of hydrogen-bond donors (Lipinski definition) is 0. The van der Waals surface area contributed by atoms with Gasteiger partial charge in [-0.05, 0) is 43.7 Å². The van der Waals surface area contributed by atoms with Crippen LogP contribution < -0.4 is 0 Å². The van der Waals surface area contributed by atoms with Gasteiger partial charge in [0, 0.05) is 5.54 Å². The lowest BCUT2D eigenvalue weighted by Gasteiger charge is -2.46. The monoisotopic (exact) mass is 316 g/mol. The Morgan fingerprint density at radius 1 is 1.00 bits per heavy atom. The number of nitrogens with zero attached hydrogens (tertiary/aromatic N) is 1. The van der Waals surface area contributed by atoms with Crippen LogP contribution in [-0.2, 0) is 0 Å². The van der Waals surface area contributed by atoms with Gasteiger partial charge in [0.2, 0.25) is 0 Å². The molecule has 1 nitrogen and oxygen atoms in total. The molecule has 0 heterocycles. The van der Waals surface area contributed by atoms with E-state index in [4.69, 9.17) is 0 Å². The number of rotatable bonds is 3. The van der Waals surface area contributed by atoms with Gasteiger partial charge in [-0.25, -0.2) is 0 Å². The van der Waals surface area contributed by atoms with Crippen LogP contribution in [0.15, 0.2) is 29.8 Å². The van der Waals surface area contributed by atoms with Crippen molar-refractivity contribution in [1.82, 2.24) is 0 Å². The zero-order valence-corrected chi connectivity index (χ0v) is 17.2. The predicted octanol–water partition coefficient (Wildman–Crippen LogP) is 4.52. The lowest BCUT2D eigenvalue weighted by molar-refractivity contribution is -0.832. The molecule has 0 aliphatic heterocycles. The Balaban J connectivity index is 2.35. The van der Waals surface area contributed by atoms with E-state index in [1.807, 2.05) is 0 Å². The largest absolute Gasteiger partial charge is 0.388 e. The molecular weight excluding hydrogens is 282 g/mol. The Bertz CT molecular complexity index is 570. The molecular formula is C20H34NSi+. The molecule has 0 radical (unpaired) electrons. The Hall–Kier alpha value is -0.863. The summed E-state index contributed by atoms with van der Waals surface area (Å²) >= 11 is 0. The molecule has 0 amide bonds. The maximum atomic E-state index is 2.49. The van der Waals surface area contributed by atoms with Crippen molar-refractivity contribution < 1.29 is 4.15 Å². The maximum Gasteiger partial charge on any atom is 0.266 e. The van der Waals surface area contributed by atoms with Crippen molar-refractivity contribution in [3.8, 4) is 0 Å². The Kier molecular flexibility index (Phi) is 4.49. The fourth-order valence-electron chi connectivity index (χ4n) is 3.19. The van der Waals surface area contributed by atoms with E-state index in [0.717, 1.165) is 0 Å². The first-order valence-electron chi connectivity index (χ1n) is 8.53. The molecule has 1 atom stereocenters. The van der Waals surface area contributed by atoms with Crippen molar-refractivity contribution in [1.29, 1.82) is 0 Å². The number of hydrogen-bond acceptors (Lipinski definition) is 0. The van der Waals surface area contributed by atoms with Crippen molar-refractivity contribution in [2.24, 2.45) is 5.41 Å². The molecule has 2 rings (SSSR count). The van der Waals surface area contributed by atoms with Crippen LogP contribution in [-0.4, -0.2) is 33.5 Å². The molecule has 0 N–H and O–H groups in total. The van der Waals surface area contributed by atoms with Crippen LogP contribution in [0.3, 0.4) is 0 Å². The molecule has 22 heavy (non-hydrogen) atoms. The number of allylic oxidation sites excluding steroid dienone is 1. The fourth-order valence-corrected chi connectivity index (χ4v) is 5.72. The van der Waals surface area contributed by atoms with Gasteiger partial charge in [-0.3, -0.25) is 0 Å². The van der Waals surface area contributed by atoms with Crippen LogP contribution in [0.25, 0.3) is 6.08 Å². The fraction of sp³-hybridized carbons (Fsp3) is 0.600. The van der Waals surface area contributed by atoms with Gasteiger partial charge in [0.15, 0.2) is 0 Å². The summed E-state index contributed by atoms with van der Waals surface area (Å²) in [5.74, 6) is 0. The minimum Gasteiger partial charge on any atom is -0.388 e. The Labute approximate surface area is 139 Å². The highest BCUT2D eigenvalue weighted by molar-refractivity contribution is 6.31. The molecule has 0 saturated carbocycles.